The molecule has 6 aliphatic rings. The number of methoxy groups -OCH3 is 3. The summed E-state index contributed by atoms with van der Waals surface area (Å²) in [5.74, 6) is -2.04. The second-order valence-corrected chi connectivity index (χ2v) is 20.3. The average Bonchev–Trinajstić information content (AvgIpc) is 3.99. The van der Waals surface area contributed by atoms with Gasteiger partial charge in [0.25, 0.3) is 0 Å². The minimum Gasteiger partial charge on any atom is -0.496 e. The SMILES string of the molecule is CCCCCCc1ccc2[nH]c3c(c2c1)CCN1C[C@H](C[C@@](O)(CC)C1)C[C@]3(C(=O)OC)c1cc2c(cc1OC)N(C=O)C1[C@]23CCN2CC=C[C@@](CC)([C@@H](OC(C)=O)[C@]1(O)C(=O)OC)[C@H]23. The summed E-state index contributed by atoms with van der Waals surface area (Å²) >= 11 is 0. The van der Waals surface area contributed by atoms with Crippen LogP contribution in [0.4, 0.5) is 5.69 Å². The summed E-state index contributed by atoms with van der Waals surface area (Å²) in [7, 11) is 4.14. The summed E-state index contributed by atoms with van der Waals surface area (Å²) in [4.78, 5) is 66.9. The van der Waals surface area contributed by atoms with E-state index in [0.29, 0.717) is 99.5 Å². The van der Waals surface area contributed by atoms with Crippen LogP contribution in [0, 0.1) is 11.3 Å². The molecule has 0 radical (unpaired) electrons. The van der Waals surface area contributed by atoms with Crippen molar-refractivity contribution in [1.29, 1.82) is 0 Å². The Morgan fingerprint density at radius 1 is 0.924 bits per heavy atom. The average molecular weight is 909 g/mol. The molecule has 66 heavy (non-hydrogen) atoms. The Morgan fingerprint density at radius 3 is 2.39 bits per heavy atom. The summed E-state index contributed by atoms with van der Waals surface area (Å²) in [5, 5.41) is 26.6. The monoisotopic (exact) mass is 908 g/mol. The summed E-state index contributed by atoms with van der Waals surface area (Å²) in [6.45, 7) is 10.4. The molecule has 10 atom stereocenters. The summed E-state index contributed by atoms with van der Waals surface area (Å²) in [6.07, 6.45) is 11.4. The molecule has 1 aromatic heterocycles. The van der Waals surface area contributed by atoms with E-state index in [1.54, 1.807) is 13.2 Å². The van der Waals surface area contributed by atoms with E-state index < -0.39 is 63.5 Å². The van der Waals surface area contributed by atoms with Gasteiger partial charge in [0.05, 0.1) is 38.7 Å². The summed E-state index contributed by atoms with van der Waals surface area (Å²) < 4.78 is 24.0. The lowest BCUT2D eigenvalue weighted by atomic mass is 9.47. The minimum absolute atomic E-state index is 0.161. The molecule has 6 heterocycles. The first-order chi connectivity index (χ1) is 31.7. The standard InChI is InChI=1S/C52H68N4O10/c1-8-11-12-13-15-33-16-17-39-36(24-33)35-18-22-54-29-34(27-48(61,9-2)30-54)28-51(42(35)53-39,46(59)64-6)38-25-37-40(26-41(38)63-5)56(31-57)44-50(37)20-23-55-21-14-19-49(10-3,43(50)55)45(66-32(4)58)52(44,62)47(60)65-7/h14,16-17,19,24-26,31,34,43-45,53,61-62H,8-13,15,18,20-23,27-30H2,1-7H3/t34-,43+,44?,45-,48+,49-,50-,51+,52+/m1/s1. The van der Waals surface area contributed by atoms with Crippen LogP contribution in [-0.2, 0) is 57.1 Å². The molecule has 2 saturated heterocycles. The van der Waals surface area contributed by atoms with Crippen molar-refractivity contribution in [1.82, 2.24) is 14.8 Å². The molecule has 3 aromatic rings. The van der Waals surface area contributed by atoms with E-state index in [4.69, 9.17) is 18.9 Å². The Morgan fingerprint density at radius 2 is 1.71 bits per heavy atom. The molecule has 2 unspecified atom stereocenters. The van der Waals surface area contributed by atoms with Gasteiger partial charge >= 0.3 is 17.9 Å². The zero-order valence-corrected chi connectivity index (χ0v) is 39.7. The van der Waals surface area contributed by atoms with Gasteiger partial charge in [-0.25, -0.2) is 4.79 Å². The van der Waals surface area contributed by atoms with Gasteiger partial charge in [-0.3, -0.25) is 24.2 Å². The zero-order valence-electron chi connectivity index (χ0n) is 39.7. The van der Waals surface area contributed by atoms with Crippen LogP contribution in [0.3, 0.4) is 0 Å². The summed E-state index contributed by atoms with van der Waals surface area (Å²) in [6, 6.07) is 8.58. The normalized spacial score (nSPS) is 34.3. The van der Waals surface area contributed by atoms with Crippen LogP contribution in [0.25, 0.3) is 10.9 Å². The number of aryl methyl sites for hydroxylation is 1. The number of ether oxygens (including phenoxy) is 4. The fourth-order valence-electron chi connectivity index (χ4n) is 14.4. The largest absolute Gasteiger partial charge is 0.496 e. The molecular weight excluding hydrogens is 841 g/mol. The number of piperidine rings is 1. The smallest absolute Gasteiger partial charge is 0.344 e. The Kier molecular flexibility index (Phi) is 12.0. The molecule has 3 N–H and O–H groups in total. The van der Waals surface area contributed by atoms with E-state index in [0.717, 1.165) is 42.1 Å². The van der Waals surface area contributed by atoms with Crippen molar-refractivity contribution in [2.75, 3.05) is 59.0 Å². The second-order valence-electron chi connectivity index (χ2n) is 20.3. The number of carbonyl (C=O) groups excluding carboxylic acids is 4. The molecule has 2 aromatic carbocycles. The number of aromatic nitrogens is 1. The Hall–Kier alpha value is -4.76. The number of amides is 1. The highest BCUT2D eigenvalue weighted by Gasteiger charge is 2.81. The molecule has 9 rings (SSSR count). The van der Waals surface area contributed by atoms with Crippen molar-refractivity contribution < 1.29 is 48.3 Å². The molecular formula is C52H68N4O10. The first-order valence-electron chi connectivity index (χ1n) is 24.2. The first-order valence-corrected chi connectivity index (χ1v) is 24.2. The number of aromatic amines is 1. The van der Waals surface area contributed by atoms with Gasteiger partial charge in [0, 0.05) is 78.2 Å². The lowest BCUT2D eigenvalue weighted by molar-refractivity contribution is -0.228. The van der Waals surface area contributed by atoms with Crippen LogP contribution < -0.4 is 9.64 Å². The molecule has 5 aliphatic heterocycles. The van der Waals surface area contributed by atoms with Gasteiger partial charge in [0.1, 0.15) is 11.2 Å². The number of H-pyrrole nitrogens is 1. The van der Waals surface area contributed by atoms with Crippen LogP contribution in [0.5, 0.6) is 5.75 Å². The number of fused-ring (bicyclic) bond motifs is 6. The van der Waals surface area contributed by atoms with E-state index >= 15 is 4.79 Å². The number of hydrogen-bond acceptors (Lipinski definition) is 12. The van der Waals surface area contributed by atoms with Gasteiger partial charge in [-0.15, -0.1) is 0 Å². The molecule has 1 amide bonds. The number of aliphatic hydroxyl groups is 2. The van der Waals surface area contributed by atoms with Gasteiger partial charge in [0.2, 0.25) is 12.0 Å². The van der Waals surface area contributed by atoms with E-state index in [1.807, 2.05) is 32.1 Å². The van der Waals surface area contributed by atoms with Gasteiger partial charge in [0.15, 0.2) is 6.10 Å². The molecule has 356 valence electrons. The van der Waals surface area contributed by atoms with Crippen molar-refractivity contribution in [2.45, 2.75) is 139 Å². The maximum Gasteiger partial charge on any atom is 0.344 e. The number of nitrogens with one attached hydrogen (secondary N) is 1. The van der Waals surface area contributed by atoms with Gasteiger partial charge < -0.3 is 39.0 Å². The zero-order chi connectivity index (χ0) is 47.0. The maximum absolute atomic E-state index is 15.6. The summed E-state index contributed by atoms with van der Waals surface area (Å²) in [5.41, 5.74) is -1.83. The van der Waals surface area contributed by atoms with Crippen LogP contribution in [0.1, 0.15) is 113 Å². The van der Waals surface area contributed by atoms with Crippen molar-refractivity contribution in [2.24, 2.45) is 11.3 Å². The number of unbranched alkanes of at least 4 members (excludes halogenated alkanes) is 3. The molecule has 1 aliphatic carbocycles. The van der Waals surface area contributed by atoms with Crippen molar-refractivity contribution in [3.05, 3.63) is 70.4 Å². The third-order valence-electron chi connectivity index (χ3n) is 17.0. The van der Waals surface area contributed by atoms with Gasteiger partial charge in [-0.05, 0) is 98.7 Å². The number of rotatable bonds is 13. The third-order valence-corrected chi connectivity index (χ3v) is 17.0. The Bertz CT molecular complexity index is 2450. The third kappa shape index (κ3) is 6.54. The first kappa shape index (κ1) is 46.4. The molecule has 1 saturated carbocycles. The number of carbonyl (C=O) groups is 4. The molecule has 14 heteroatoms. The number of esters is 3. The van der Waals surface area contributed by atoms with Crippen LogP contribution in [-0.4, -0.2) is 133 Å². The highest BCUT2D eigenvalue weighted by atomic mass is 16.6. The van der Waals surface area contributed by atoms with Crippen molar-refractivity contribution in [3.63, 3.8) is 0 Å². The predicted molar refractivity (Wildman–Crippen MR) is 248 cm³/mol. The van der Waals surface area contributed by atoms with E-state index in [1.165, 1.54) is 38.0 Å². The fraction of sp³-hybridized carbons (Fsp3) is 0.615. The number of nitrogens with zero attached hydrogens (tertiary/aromatic N) is 3. The fourth-order valence-corrected chi connectivity index (χ4v) is 14.4. The van der Waals surface area contributed by atoms with Crippen molar-refractivity contribution in [3.8, 4) is 5.75 Å². The highest BCUT2D eigenvalue weighted by molar-refractivity contribution is 5.96. The highest BCUT2D eigenvalue weighted by Crippen LogP contribution is 2.68. The number of anilines is 1. The lowest BCUT2D eigenvalue weighted by Crippen LogP contribution is -2.81. The Balaban J connectivity index is 1.35. The minimum atomic E-state index is -2.54. The second kappa shape index (κ2) is 17.1. The van der Waals surface area contributed by atoms with Crippen LogP contribution >= 0.6 is 0 Å². The molecule has 3 fully saturated rings. The molecule has 2 bridgehead atoms. The predicted octanol–water partition coefficient (Wildman–Crippen LogP) is 5.64. The maximum atomic E-state index is 15.6. The quantitative estimate of drug-likeness (QED) is 0.0636. The van der Waals surface area contributed by atoms with Crippen molar-refractivity contribution >= 4 is 40.9 Å². The van der Waals surface area contributed by atoms with Crippen LogP contribution in [0.15, 0.2) is 42.5 Å². The number of hydrogen-bond donors (Lipinski definition) is 3. The van der Waals surface area contributed by atoms with E-state index in [2.05, 4.69) is 39.9 Å². The topological polar surface area (TPSA) is 171 Å². The molecule has 1 spiro atoms. The molecule has 14 nitrogen and oxygen atoms in total. The lowest BCUT2D eigenvalue weighted by Gasteiger charge is -2.63. The van der Waals surface area contributed by atoms with E-state index in [9.17, 15) is 24.6 Å². The van der Waals surface area contributed by atoms with E-state index in [-0.39, 0.29) is 12.3 Å². The Labute approximate surface area is 387 Å². The number of benzene rings is 2. The van der Waals surface area contributed by atoms with Gasteiger partial charge in [-0.1, -0.05) is 58.3 Å². The van der Waals surface area contributed by atoms with Gasteiger partial charge in [-0.2, -0.15) is 0 Å². The van der Waals surface area contributed by atoms with Crippen LogP contribution in [0.2, 0.25) is 0 Å².